The first-order chi connectivity index (χ1) is 10.1. The van der Waals surface area contributed by atoms with E-state index in [1.54, 1.807) is 6.07 Å². The molecule has 6 heteroatoms. The molecule has 21 heavy (non-hydrogen) atoms. The van der Waals surface area contributed by atoms with Gasteiger partial charge < -0.3 is 5.32 Å². The van der Waals surface area contributed by atoms with E-state index in [9.17, 15) is 5.26 Å². The molecule has 3 rings (SSSR count). The second-order valence-electron chi connectivity index (χ2n) is 5.05. The Bertz CT molecular complexity index is 750. The van der Waals surface area contributed by atoms with Gasteiger partial charge in [0.25, 0.3) is 0 Å². The summed E-state index contributed by atoms with van der Waals surface area (Å²) in [6, 6.07) is 7.66. The Morgan fingerprint density at radius 2 is 2.14 bits per heavy atom. The summed E-state index contributed by atoms with van der Waals surface area (Å²) >= 11 is 9.55. The molecule has 1 heterocycles. The Hall–Kier alpha value is -1.64. The molecule has 1 aromatic heterocycles. The van der Waals surface area contributed by atoms with Crippen LogP contribution in [0.5, 0.6) is 0 Å². The average molecular weight is 364 g/mol. The monoisotopic (exact) mass is 362 g/mol. The highest BCUT2D eigenvalue weighted by molar-refractivity contribution is 9.10. The highest BCUT2D eigenvalue weighted by atomic mass is 79.9. The topological polar surface area (TPSA) is 61.6 Å². The van der Waals surface area contributed by atoms with Crippen LogP contribution in [0.3, 0.4) is 0 Å². The molecule has 1 aliphatic carbocycles. The molecule has 0 atom stereocenters. The molecule has 1 aromatic carbocycles. The molecule has 0 saturated heterocycles. The van der Waals surface area contributed by atoms with Crippen LogP contribution in [0.25, 0.3) is 0 Å². The molecule has 1 N–H and O–H groups in total. The molecule has 2 aromatic rings. The molecule has 0 radical (unpaired) electrons. The van der Waals surface area contributed by atoms with Gasteiger partial charge in [0, 0.05) is 16.0 Å². The Balaban J connectivity index is 2.00. The fourth-order valence-electron chi connectivity index (χ4n) is 2.00. The van der Waals surface area contributed by atoms with E-state index in [0.29, 0.717) is 28.1 Å². The van der Waals surface area contributed by atoms with Crippen molar-refractivity contribution in [2.75, 3.05) is 5.32 Å². The van der Waals surface area contributed by atoms with Crippen LogP contribution in [0.1, 0.15) is 35.7 Å². The van der Waals surface area contributed by atoms with Gasteiger partial charge in [-0.25, -0.2) is 9.97 Å². The zero-order chi connectivity index (χ0) is 15.0. The molecule has 0 aliphatic heterocycles. The molecule has 0 bridgehead atoms. The van der Waals surface area contributed by atoms with Crippen molar-refractivity contribution in [3.05, 3.63) is 44.8 Å². The van der Waals surface area contributed by atoms with Crippen molar-refractivity contribution in [3.63, 3.8) is 0 Å². The van der Waals surface area contributed by atoms with E-state index in [1.807, 2.05) is 19.1 Å². The maximum Gasteiger partial charge on any atom is 0.138 e. The van der Waals surface area contributed by atoms with E-state index in [-0.39, 0.29) is 0 Å². The van der Waals surface area contributed by atoms with E-state index < -0.39 is 0 Å². The minimum atomic E-state index is 0.420. The van der Waals surface area contributed by atoms with Crippen LogP contribution in [0.4, 0.5) is 11.5 Å². The van der Waals surface area contributed by atoms with Gasteiger partial charge in [-0.3, -0.25) is 0 Å². The summed E-state index contributed by atoms with van der Waals surface area (Å²) in [5.41, 5.74) is 2.04. The molecule has 1 fully saturated rings. The van der Waals surface area contributed by atoms with Gasteiger partial charge in [0.05, 0.1) is 11.3 Å². The number of hydrogen-bond donors (Lipinski definition) is 1. The van der Waals surface area contributed by atoms with E-state index >= 15 is 0 Å². The summed E-state index contributed by atoms with van der Waals surface area (Å²) in [5, 5.41) is 12.9. The number of rotatable bonds is 3. The van der Waals surface area contributed by atoms with Gasteiger partial charge in [-0.2, -0.15) is 5.26 Å². The lowest BCUT2D eigenvalue weighted by molar-refractivity contribution is 0.922. The Morgan fingerprint density at radius 1 is 1.38 bits per heavy atom. The highest BCUT2D eigenvalue weighted by Gasteiger charge is 2.28. The molecule has 0 unspecified atom stereocenters. The third kappa shape index (κ3) is 3.02. The van der Waals surface area contributed by atoms with Crippen LogP contribution in [-0.2, 0) is 0 Å². The zero-order valence-electron chi connectivity index (χ0n) is 11.3. The smallest absolute Gasteiger partial charge is 0.138 e. The first-order valence-electron chi connectivity index (χ1n) is 6.59. The lowest BCUT2D eigenvalue weighted by Crippen LogP contribution is -2.04. The Kier molecular flexibility index (Phi) is 3.83. The quantitative estimate of drug-likeness (QED) is 0.803. The Morgan fingerprint density at radius 3 is 2.81 bits per heavy atom. The van der Waals surface area contributed by atoms with E-state index in [0.717, 1.165) is 28.7 Å². The summed E-state index contributed by atoms with van der Waals surface area (Å²) in [6.07, 6.45) is 2.22. The van der Waals surface area contributed by atoms with Crippen LogP contribution >= 0.6 is 27.5 Å². The van der Waals surface area contributed by atoms with Crippen LogP contribution in [0.15, 0.2) is 22.7 Å². The van der Waals surface area contributed by atoms with Crippen molar-refractivity contribution < 1.29 is 0 Å². The lowest BCUT2D eigenvalue weighted by atomic mass is 10.2. The van der Waals surface area contributed by atoms with Crippen molar-refractivity contribution in [2.45, 2.75) is 25.7 Å². The minimum absolute atomic E-state index is 0.420. The lowest BCUT2D eigenvalue weighted by Gasteiger charge is -2.12. The molecule has 1 aliphatic rings. The number of hydrogen-bond acceptors (Lipinski definition) is 4. The fraction of sp³-hybridized carbons (Fsp3) is 0.267. The van der Waals surface area contributed by atoms with Gasteiger partial charge in [-0.15, -0.1) is 0 Å². The van der Waals surface area contributed by atoms with Crippen molar-refractivity contribution in [1.29, 1.82) is 5.26 Å². The maximum atomic E-state index is 9.23. The predicted molar refractivity (Wildman–Crippen MR) is 85.9 cm³/mol. The van der Waals surface area contributed by atoms with Gasteiger partial charge in [0.15, 0.2) is 0 Å². The molecule has 4 nitrogen and oxygen atoms in total. The Labute approximate surface area is 136 Å². The number of nitrogens with zero attached hydrogens (tertiary/aromatic N) is 3. The SMILES string of the molecule is Cc1c(Cl)nc(C2CC2)nc1Nc1ccc(Br)cc1C#N. The first kappa shape index (κ1) is 14.3. The van der Waals surface area contributed by atoms with Crippen LogP contribution in [0.2, 0.25) is 5.15 Å². The van der Waals surface area contributed by atoms with E-state index in [1.165, 1.54) is 0 Å². The second kappa shape index (κ2) is 5.63. The van der Waals surface area contributed by atoms with Crippen LogP contribution in [0, 0.1) is 18.3 Å². The maximum absolute atomic E-state index is 9.23. The standard InChI is InChI=1S/C15H12BrClN4/c1-8-13(17)20-15(9-2-3-9)21-14(8)19-12-5-4-11(16)6-10(12)7-18/h4-6,9H,2-3H2,1H3,(H,19,20,21). The average Bonchev–Trinajstić information content (AvgIpc) is 3.29. The van der Waals surface area contributed by atoms with E-state index in [2.05, 4.69) is 37.3 Å². The molecular weight excluding hydrogens is 352 g/mol. The van der Waals surface area contributed by atoms with Crippen molar-refractivity contribution in [1.82, 2.24) is 9.97 Å². The third-order valence-electron chi connectivity index (χ3n) is 3.40. The summed E-state index contributed by atoms with van der Waals surface area (Å²) in [5.74, 6) is 1.86. The molecule has 0 spiro atoms. The van der Waals surface area contributed by atoms with Crippen molar-refractivity contribution >= 4 is 39.0 Å². The fourth-order valence-corrected chi connectivity index (χ4v) is 2.53. The largest absolute Gasteiger partial charge is 0.339 e. The van der Waals surface area contributed by atoms with Gasteiger partial charge >= 0.3 is 0 Å². The highest BCUT2D eigenvalue weighted by Crippen LogP contribution is 2.39. The normalized spacial score (nSPS) is 13.8. The molecule has 0 amide bonds. The predicted octanol–water partition coefficient (Wildman–Crippen LogP) is 4.69. The van der Waals surface area contributed by atoms with Crippen molar-refractivity contribution in [2.24, 2.45) is 0 Å². The van der Waals surface area contributed by atoms with Gasteiger partial charge in [-0.05, 0) is 38.0 Å². The number of benzene rings is 1. The molecule has 106 valence electrons. The molecular formula is C15H12BrClN4. The number of aromatic nitrogens is 2. The number of nitrogens with one attached hydrogen (secondary N) is 1. The van der Waals surface area contributed by atoms with E-state index in [4.69, 9.17) is 11.6 Å². The minimum Gasteiger partial charge on any atom is -0.339 e. The second-order valence-corrected chi connectivity index (χ2v) is 6.32. The summed E-state index contributed by atoms with van der Waals surface area (Å²) in [7, 11) is 0. The summed E-state index contributed by atoms with van der Waals surface area (Å²) in [4.78, 5) is 8.90. The van der Waals surface area contributed by atoms with Crippen LogP contribution < -0.4 is 5.32 Å². The third-order valence-corrected chi connectivity index (χ3v) is 4.26. The van der Waals surface area contributed by atoms with Crippen molar-refractivity contribution in [3.8, 4) is 6.07 Å². The summed E-state index contributed by atoms with van der Waals surface area (Å²) < 4.78 is 0.862. The van der Waals surface area contributed by atoms with Gasteiger partial charge in [-0.1, -0.05) is 27.5 Å². The number of halogens is 2. The number of anilines is 2. The first-order valence-corrected chi connectivity index (χ1v) is 7.76. The number of nitriles is 1. The van der Waals surface area contributed by atoms with Gasteiger partial charge in [0.1, 0.15) is 22.9 Å². The van der Waals surface area contributed by atoms with Crippen LogP contribution in [-0.4, -0.2) is 9.97 Å². The zero-order valence-corrected chi connectivity index (χ0v) is 13.7. The summed E-state index contributed by atoms with van der Waals surface area (Å²) in [6.45, 7) is 1.87. The van der Waals surface area contributed by atoms with Gasteiger partial charge in [0.2, 0.25) is 0 Å². The molecule has 1 saturated carbocycles.